The first-order valence-electron chi connectivity index (χ1n) is 9.92. The summed E-state index contributed by atoms with van der Waals surface area (Å²) in [5.74, 6) is 1.41. The number of carbonyl (C=O) groups excluding carboxylic acids is 2. The van der Waals surface area contributed by atoms with E-state index in [0.717, 1.165) is 25.1 Å². The van der Waals surface area contributed by atoms with Crippen LogP contribution in [0.15, 0.2) is 54.6 Å². The average Bonchev–Trinajstić information content (AvgIpc) is 3.48. The van der Waals surface area contributed by atoms with E-state index in [1.165, 1.54) is 11.1 Å². The molecule has 1 aliphatic carbocycles. The number of hydrogen-bond donors (Lipinski definition) is 1. The number of carbonyl (C=O) groups is 2. The van der Waals surface area contributed by atoms with Gasteiger partial charge in [-0.25, -0.2) is 0 Å². The quantitative estimate of drug-likeness (QED) is 0.817. The number of para-hydroxylation sites is 1. The van der Waals surface area contributed by atoms with E-state index < -0.39 is 0 Å². The molecule has 0 bridgehead atoms. The number of aryl methyl sites for hydroxylation is 1. The minimum Gasteiger partial charge on any atom is -0.356 e. The summed E-state index contributed by atoms with van der Waals surface area (Å²) in [6, 6.07) is 18.6. The molecule has 4 nitrogen and oxygen atoms in total. The van der Waals surface area contributed by atoms with Crippen molar-refractivity contribution in [2.75, 3.05) is 18.0 Å². The van der Waals surface area contributed by atoms with E-state index in [0.29, 0.717) is 37.6 Å². The molecule has 1 fully saturated rings. The van der Waals surface area contributed by atoms with Crippen LogP contribution in [0.4, 0.5) is 5.69 Å². The number of amides is 2. The second kappa shape index (κ2) is 7.95. The lowest BCUT2D eigenvalue weighted by Gasteiger charge is -2.29. The maximum atomic E-state index is 12.3. The molecule has 140 valence electrons. The fourth-order valence-electron chi connectivity index (χ4n) is 4.05. The minimum atomic E-state index is 0.0893. The zero-order valence-electron chi connectivity index (χ0n) is 15.6. The van der Waals surface area contributed by atoms with Crippen molar-refractivity contribution >= 4 is 17.5 Å². The van der Waals surface area contributed by atoms with E-state index in [1.807, 2.05) is 29.2 Å². The Kier molecular flexibility index (Phi) is 5.23. The molecule has 0 radical (unpaired) electrons. The molecule has 0 aromatic heterocycles. The summed E-state index contributed by atoms with van der Waals surface area (Å²) in [7, 11) is 0. The highest BCUT2D eigenvalue weighted by molar-refractivity contribution is 5.96. The van der Waals surface area contributed by atoms with E-state index >= 15 is 0 Å². The van der Waals surface area contributed by atoms with Gasteiger partial charge in [-0.05, 0) is 48.3 Å². The topological polar surface area (TPSA) is 49.4 Å². The first-order chi connectivity index (χ1) is 13.2. The molecule has 1 N–H and O–H groups in total. The van der Waals surface area contributed by atoms with Crippen molar-refractivity contribution in [3.8, 4) is 0 Å². The third-order valence-corrected chi connectivity index (χ3v) is 5.69. The predicted octanol–water partition coefficient (Wildman–Crippen LogP) is 3.67. The third-order valence-electron chi connectivity index (χ3n) is 5.69. The van der Waals surface area contributed by atoms with Crippen molar-refractivity contribution in [3.05, 3.63) is 65.7 Å². The Balaban J connectivity index is 1.20. The zero-order valence-corrected chi connectivity index (χ0v) is 15.6. The van der Waals surface area contributed by atoms with Gasteiger partial charge in [-0.3, -0.25) is 9.59 Å². The van der Waals surface area contributed by atoms with Gasteiger partial charge in [0.2, 0.25) is 11.8 Å². The first-order valence-corrected chi connectivity index (χ1v) is 9.92. The summed E-state index contributed by atoms with van der Waals surface area (Å²) in [6.07, 6.45) is 3.69. The molecule has 0 spiro atoms. The highest BCUT2D eigenvalue weighted by atomic mass is 16.2. The molecule has 0 unspecified atom stereocenters. The molecular formula is C23H26N2O2. The lowest BCUT2D eigenvalue weighted by molar-refractivity contribution is -0.122. The van der Waals surface area contributed by atoms with Crippen LogP contribution in [0.1, 0.15) is 42.7 Å². The molecule has 1 aliphatic heterocycles. The maximum Gasteiger partial charge on any atom is 0.227 e. The molecule has 2 amide bonds. The van der Waals surface area contributed by atoms with Gasteiger partial charge in [0, 0.05) is 31.6 Å². The molecule has 2 atom stereocenters. The molecule has 0 saturated heterocycles. The fraction of sp³-hybridized carbons (Fsp3) is 0.391. The van der Waals surface area contributed by atoms with Crippen molar-refractivity contribution in [1.29, 1.82) is 0 Å². The number of nitrogens with one attached hydrogen (secondary N) is 1. The van der Waals surface area contributed by atoms with Crippen molar-refractivity contribution < 1.29 is 9.59 Å². The van der Waals surface area contributed by atoms with Crippen LogP contribution < -0.4 is 10.2 Å². The summed E-state index contributed by atoms with van der Waals surface area (Å²) in [6.45, 7) is 1.36. The molecule has 1 heterocycles. The Bertz CT molecular complexity index is 818. The lowest BCUT2D eigenvalue weighted by atomic mass is 10.0. The molecule has 27 heavy (non-hydrogen) atoms. The smallest absolute Gasteiger partial charge is 0.227 e. The predicted molar refractivity (Wildman–Crippen MR) is 107 cm³/mol. The van der Waals surface area contributed by atoms with E-state index in [-0.39, 0.29) is 11.8 Å². The Labute approximate surface area is 160 Å². The van der Waals surface area contributed by atoms with E-state index in [2.05, 4.69) is 35.6 Å². The monoisotopic (exact) mass is 362 g/mol. The molecule has 2 aromatic carbocycles. The van der Waals surface area contributed by atoms with Crippen LogP contribution in [0.5, 0.6) is 0 Å². The Morgan fingerprint density at radius 1 is 1.04 bits per heavy atom. The summed E-state index contributed by atoms with van der Waals surface area (Å²) >= 11 is 0. The van der Waals surface area contributed by atoms with Gasteiger partial charge in [0.15, 0.2) is 0 Å². The number of anilines is 1. The normalized spacial score (nSPS) is 20.9. The maximum absolute atomic E-state index is 12.3. The molecule has 1 saturated carbocycles. The van der Waals surface area contributed by atoms with E-state index in [9.17, 15) is 9.59 Å². The first kappa shape index (κ1) is 17.8. The highest BCUT2D eigenvalue weighted by Crippen LogP contribution is 2.46. The van der Waals surface area contributed by atoms with Crippen molar-refractivity contribution in [2.45, 2.75) is 38.0 Å². The Morgan fingerprint density at radius 2 is 1.81 bits per heavy atom. The summed E-state index contributed by atoms with van der Waals surface area (Å²) < 4.78 is 0. The molecule has 2 aromatic rings. The van der Waals surface area contributed by atoms with E-state index in [4.69, 9.17) is 0 Å². The summed E-state index contributed by atoms with van der Waals surface area (Å²) in [4.78, 5) is 26.3. The van der Waals surface area contributed by atoms with Crippen LogP contribution in [-0.2, 0) is 16.0 Å². The van der Waals surface area contributed by atoms with Crippen LogP contribution >= 0.6 is 0 Å². The van der Waals surface area contributed by atoms with Crippen LogP contribution in [0.25, 0.3) is 0 Å². The molecule has 4 rings (SSSR count). The number of benzene rings is 2. The number of rotatable bonds is 7. The van der Waals surface area contributed by atoms with Gasteiger partial charge in [0.25, 0.3) is 0 Å². The number of nitrogens with zero attached hydrogens (tertiary/aromatic N) is 1. The summed E-state index contributed by atoms with van der Waals surface area (Å²) in [5.41, 5.74) is 3.61. The van der Waals surface area contributed by atoms with Gasteiger partial charge in [-0.2, -0.15) is 0 Å². The number of hydrogen-bond acceptors (Lipinski definition) is 2. The fourth-order valence-corrected chi connectivity index (χ4v) is 4.05. The molecular weight excluding hydrogens is 336 g/mol. The SMILES string of the molecule is O=C(CCCN1C(=O)CCc2ccccc21)NC[C@H]1C[C@@H]1c1ccccc1. The second-order valence-electron chi connectivity index (χ2n) is 7.59. The summed E-state index contributed by atoms with van der Waals surface area (Å²) in [5, 5.41) is 3.07. The van der Waals surface area contributed by atoms with Crippen LogP contribution in [0, 0.1) is 5.92 Å². The van der Waals surface area contributed by atoms with Gasteiger partial charge in [-0.1, -0.05) is 48.5 Å². The van der Waals surface area contributed by atoms with Gasteiger partial charge >= 0.3 is 0 Å². The van der Waals surface area contributed by atoms with Gasteiger partial charge in [0.1, 0.15) is 0 Å². The number of fused-ring (bicyclic) bond motifs is 1. The van der Waals surface area contributed by atoms with Crippen molar-refractivity contribution in [2.24, 2.45) is 5.92 Å². The van der Waals surface area contributed by atoms with Crippen LogP contribution in [0.3, 0.4) is 0 Å². The molecule has 4 heteroatoms. The molecule has 2 aliphatic rings. The van der Waals surface area contributed by atoms with Gasteiger partial charge in [0.05, 0.1) is 0 Å². The van der Waals surface area contributed by atoms with Crippen molar-refractivity contribution in [3.63, 3.8) is 0 Å². The second-order valence-corrected chi connectivity index (χ2v) is 7.59. The average molecular weight is 362 g/mol. The zero-order chi connectivity index (χ0) is 18.6. The third kappa shape index (κ3) is 4.21. The lowest BCUT2D eigenvalue weighted by Crippen LogP contribution is -2.36. The van der Waals surface area contributed by atoms with Gasteiger partial charge < -0.3 is 10.2 Å². The standard InChI is InChI=1S/C23H26N2O2/c26-22(24-16-19-15-20(19)17-7-2-1-3-8-17)11-6-14-25-21-10-5-4-9-18(21)12-13-23(25)27/h1-5,7-10,19-20H,6,11-16H2,(H,24,26)/t19-,20-/m1/s1. The van der Waals surface area contributed by atoms with Crippen LogP contribution in [-0.4, -0.2) is 24.9 Å². The van der Waals surface area contributed by atoms with Crippen LogP contribution in [0.2, 0.25) is 0 Å². The minimum absolute atomic E-state index is 0.0893. The van der Waals surface area contributed by atoms with Crippen molar-refractivity contribution in [1.82, 2.24) is 5.32 Å². The van der Waals surface area contributed by atoms with E-state index in [1.54, 1.807) is 0 Å². The van der Waals surface area contributed by atoms with Gasteiger partial charge in [-0.15, -0.1) is 0 Å². The highest BCUT2D eigenvalue weighted by Gasteiger charge is 2.37. The Morgan fingerprint density at radius 3 is 2.67 bits per heavy atom. The largest absolute Gasteiger partial charge is 0.356 e. The Hall–Kier alpha value is -2.62.